The van der Waals surface area contributed by atoms with E-state index in [0.717, 1.165) is 9.80 Å². The van der Waals surface area contributed by atoms with E-state index in [1.165, 1.54) is 0 Å². The molecule has 2 aliphatic rings. The van der Waals surface area contributed by atoms with Crippen LogP contribution in [-0.4, -0.2) is 102 Å². The average molecular weight is 716 g/mol. The van der Waals surface area contributed by atoms with Gasteiger partial charge in [-0.3, -0.25) is 4.79 Å². The molecule has 0 radical (unpaired) electrons. The highest BCUT2D eigenvalue weighted by Crippen LogP contribution is 2.39. The Hall–Kier alpha value is -2.87. The van der Waals surface area contributed by atoms with Gasteiger partial charge in [-0.15, -0.1) is 0 Å². The minimum absolute atomic E-state index is 0.0287. The quantitative estimate of drug-likeness (QED) is 0.192. The van der Waals surface area contributed by atoms with Crippen LogP contribution in [0.1, 0.15) is 66.7 Å². The number of piperidine rings is 2. The molecule has 0 saturated carbocycles. The molecule has 2 amide bonds. The molecule has 0 aromatic carbocycles. The highest BCUT2D eigenvalue weighted by molar-refractivity contribution is 5.71. The number of halogens is 12. The zero-order valence-electron chi connectivity index (χ0n) is 26.0. The van der Waals surface area contributed by atoms with E-state index >= 15 is 0 Å². The normalized spacial score (nSPS) is 19.1. The molecule has 2 heterocycles. The van der Waals surface area contributed by atoms with Crippen molar-refractivity contribution in [3.8, 4) is 0 Å². The maximum absolute atomic E-state index is 12.5. The van der Waals surface area contributed by atoms with Gasteiger partial charge in [-0.2, -0.15) is 52.7 Å². The monoisotopic (exact) mass is 715 g/mol. The predicted molar refractivity (Wildman–Crippen MR) is 138 cm³/mol. The molecule has 9 nitrogen and oxygen atoms in total. The van der Waals surface area contributed by atoms with Crippen LogP contribution < -0.4 is 5.73 Å². The van der Waals surface area contributed by atoms with E-state index in [4.69, 9.17) is 10.5 Å². The topological polar surface area (TPSA) is 111 Å². The van der Waals surface area contributed by atoms with E-state index in [0.29, 0.717) is 0 Å². The summed E-state index contributed by atoms with van der Waals surface area (Å²) in [6.07, 6.45) is -33.5. The van der Waals surface area contributed by atoms with Crippen molar-refractivity contribution >= 4 is 18.2 Å². The second-order valence-corrected chi connectivity index (χ2v) is 12.9. The minimum atomic E-state index is -5.76. The molecule has 2 fully saturated rings. The molecule has 0 aliphatic carbocycles. The van der Waals surface area contributed by atoms with Crippen molar-refractivity contribution in [1.29, 1.82) is 0 Å². The van der Waals surface area contributed by atoms with Crippen molar-refractivity contribution in [1.82, 2.24) is 9.80 Å². The first-order valence-electron chi connectivity index (χ1n) is 13.9. The molecule has 276 valence electrons. The van der Waals surface area contributed by atoms with E-state index in [-0.39, 0.29) is 58.3 Å². The number of carbonyl (C=O) groups is 3. The lowest BCUT2D eigenvalue weighted by atomic mass is 9.77. The number of amides is 2. The summed E-state index contributed by atoms with van der Waals surface area (Å²) >= 11 is 0. The minimum Gasteiger partial charge on any atom is -0.460 e. The van der Waals surface area contributed by atoms with Gasteiger partial charge in [0.2, 0.25) is 0 Å². The Kier molecular flexibility index (Phi) is 13.2. The highest BCUT2D eigenvalue weighted by Gasteiger charge is 2.61. The smallest absolute Gasteiger partial charge is 0.434 e. The van der Waals surface area contributed by atoms with Gasteiger partial charge < -0.3 is 29.7 Å². The SMILES string of the molecule is CC1(CC(=O)OC(C)(C)C)CCN(C(=O)OC(C(F)(F)F)C(F)(F)F)CC1.CC1(N)CCN(C(=O)OC(C(F)(F)F)C(F)(F)F)CC1. The van der Waals surface area contributed by atoms with Crippen LogP contribution in [0, 0.1) is 5.41 Å². The summed E-state index contributed by atoms with van der Waals surface area (Å²) in [5.41, 5.74) is 3.89. The standard InChI is InChI=1S/C16H23F6NO4.C10H14F6N2O2/c1-13(2,3)27-10(24)9-14(4)5-7-23(8-6-14)12(25)26-11(15(17,18)19)16(20,21)22;1-8(17)2-4-18(5-3-8)7(19)20-6(9(11,12)13)10(14,15)16/h11H,5-9H2,1-4H3;6H,2-5,17H2,1H3. The number of hydrogen-bond acceptors (Lipinski definition) is 7. The fraction of sp³-hybridized carbons (Fsp3) is 0.885. The maximum atomic E-state index is 12.5. The molecule has 0 atom stereocenters. The summed E-state index contributed by atoms with van der Waals surface area (Å²) < 4.78 is 161. The lowest BCUT2D eigenvalue weighted by Crippen LogP contribution is -2.53. The van der Waals surface area contributed by atoms with Crippen molar-refractivity contribution in [2.45, 2.75) is 115 Å². The molecule has 0 aromatic rings. The van der Waals surface area contributed by atoms with Crippen LogP contribution in [0.25, 0.3) is 0 Å². The summed E-state index contributed by atoms with van der Waals surface area (Å²) in [6.45, 7) is 8.18. The molecule has 2 N–H and O–H groups in total. The average Bonchev–Trinajstić information content (AvgIpc) is 2.82. The van der Waals surface area contributed by atoms with Gasteiger partial charge in [-0.1, -0.05) is 6.92 Å². The lowest BCUT2D eigenvalue weighted by molar-refractivity contribution is -0.309. The Morgan fingerprint density at radius 1 is 0.638 bits per heavy atom. The number of nitrogens with two attached hydrogens (primary N) is 1. The van der Waals surface area contributed by atoms with Crippen molar-refractivity contribution in [2.24, 2.45) is 11.1 Å². The third-order valence-electron chi connectivity index (χ3n) is 7.01. The number of ether oxygens (including phenoxy) is 3. The van der Waals surface area contributed by atoms with Crippen LogP contribution in [0.4, 0.5) is 62.3 Å². The number of carbonyl (C=O) groups excluding carboxylic acids is 3. The molecule has 2 saturated heterocycles. The third kappa shape index (κ3) is 14.4. The van der Waals surface area contributed by atoms with Gasteiger partial charge in [-0.25, -0.2) is 9.59 Å². The molecular formula is C26H37F12N3O6. The fourth-order valence-electron chi connectivity index (χ4n) is 4.32. The fourth-order valence-corrected chi connectivity index (χ4v) is 4.32. The van der Waals surface area contributed by atoms with E-state index < -0.39 is 71.6 Å². The maximum Gasteiger partial charge on any atom is 0.434 e. The van der Waals surface area contributed by atoms with Gasteiger partial charge in [0.25, 0.3) is 12.2 Å². The summed E-state index contributed by atoms with van der Waals surface area (Å²) in [7, 11) is 0. The Morgan fingerprint density at radius 2 is 0.936 bits per heavy atom. The summed E-state index contributed by atoms with van der Waals surface area (Å²) in [6, 6.07) is 0. The van der Waals surface area contributed by atoms with Crippen molar-refractivity contribution < 1.29 is 81.3 Å². The van der Waals surface area contributed by atoms with Crippen molar-refractivity contribution in [2.75, 3.05) is 26.2 Å². The van der Waals surface area contributed by atoms with Crippen molar-refractivity contribution in [3.63, 3.8) is 0 Å². The summed E-state index contributed by atoms with van der Waals surface area (Å²) in [5, 5.41) is 0. The Morgan fingerprint density at radius 3 is 1.21 bits per heavy atom. The number of hydrogen-bond donors (Lipinski definition) is 1. The number of esters is 1. The van der Waals surface area contributed by atoms with Crippen molar-refractivity contribution in [3.05, 3.63) is 0 Å². The van der Waals surface area contributed by atoms with Crippen LogP contribution in [-0.2, 0) is 19.0 Å². The molecule has 0 aromatic heterocycles. The molecule has 2 rings (SSSR count). The highest BCUT2D eigenvalue weighted by atomic mass is 19.4. The van der Waals surface area contributed by atoms with Gasteiger partial charge in [0, 0.05) is 31.7 Å². The zero-order chi connectivity index (χ0) is 37.0. The van der Waals surface area contributed by atoms with Gasteiger partial charge in [0.05, 0.1) is 6.42 Å². The largest absolute Gasteiger partial charge is 0.460 e. The van der Waals surface area contributed by atoms with Gasteiger partial charge in [-0.05, 0) is 58.8 Å². The number of nitrogens with zero attached hydrogens (tertiary/aromatic N) is 2. The summed E-state index contributed by atoms with van der Waals surface area (Å²) in [4.78, 5) is 36.6. The molecule has 0 bridgehead atoms. The Balaban J connectivity index is 0.000000491. The van der Waals surface area contributed by atoms with Crippen LogP contribution in [0.2, 0.25) is 0 Å². The van der Waals surface area contributed by atoms with Crippen LogP contribution in [0.15, 0.2) is 0 Å². The van der Waals surface area contributed by atoms with Gasteiger partial charge >= 0.3 is 42.9 Å². The number of alkyl halides is 12. The Bertz CT molecular complexity index is 1040. The third-order valence-corrected chi connectivity index (χ3v) is 7.01. The molecule has 2 aliphatic heterocycles. The van der Waals surface area contributed by atoms with E-state index in [1.807, 2.05) is 0 Å². The summed E-state index contributed by atoms with van der Waals surface area (Å²) in [5.74, 6) is -0.463. The number of rotatable bonds is 4. The second kappa shape index (κ2) is 14.7. The van der Waals surface area contributed by atoms with Crippen LogP contribution >= 0.6 is 0 Å². The zero-order valence-corrected chi connectivity index (χ0v) is 26.0. The molecule has 0 unspecified atom stereocenters. The molecule has 47 heavy (non-hydrogen) atoms. The van der Waals surface area contributed by atoms with E-state index in [1.54, 1.807) is 34.6 Å². The number of likely N-dealkylation sites (tertiary alicyclic amines) is 2. The molecule has 21 heteroatoms. The molecule has 0 spiro atoms. The van der Waals surface area contributed by atoms with E-state index in [9.17, 15) is 67.1 Å². The van der Waals surface area contributed by atoms with Gasteiger partial charge in [0.15, 0.2) is 0 Å². The molecular weight excluding hydrogens is 678 g/mol. The first-order valence-corrected chi connectivity index (χ1v) is 13.9. The van der Waals surface area contributed by atoms with Crippen LogP contribution in [0.3, 0.4) is 0 Å². The van der Waals surface area contributed by atoms with Crippen LogP contribution in [0.5, 0.6) is 0 Å². The first-order chi connectivity index (χ1) is 20.8. The Labute approximate surface area is 262 Å². The van der Waals surface area contributed by atoms with E-state index in [2.05, 4.69) is 9.47 Å². The predicted octanol–water partition coefficient (Wildman–Crippen LogP) is 6.88. The second-order valence-electron chi connectivity index (χ2n) is 12.9. The van der Waals surface area contributed by atoms with Gasteiger partial charge in [0.1, 0.15) is 5.60 Å². The lowest BCUT2D eigenvalue weighted by Gasteiger charge is -2.39. The first kappa shape index (κ1) is 42.2.